The number of ether oxygens (including phenoxy) is 14. The summed E-state index contributed by atoms with van der Waals surface area (Å²) >= 11 is 11.3. The van der Waals surface area contributed by atoms with Gasteiger partial charge in [-0.1, -0.05) is 205 Å². The highest BCUT2D eigenvalue weighted by Gasteiger charge is 2.25. The molecule has 0 aromatic carbocycles. The van der Waals surface area contributed by atoms with Crippen LogP contribution in [0.25, 0.3) is 0 Å². The molecule has 0 bridgehead atoms. The standard InChI is InChI=1S/C100H177N3O28S7/c1-13-17-21-25-29-33-66-132-73-80(5)94(111)126-60-53-119-88(105)37-43-102(44-38-89(106)120-54-61-127-95(112)81(6)74-133-67-34-30-26-22-18-14-2)50-71-137-78-85(10)99(116)130-64-57-123-92(109)41-47-101(49-70-136-77-84(9)98(115)125-59-52-118-87(12)104)48-42-93(110)124-58-65-131-100(117)86(11)79-138-72-51-103(45-39-90(107)121-55-62-128-96(113)82(7)75-134-68-35-31-27-23-19-15-3)46-40-91(108)122-56-63-129-97(114)83(8)76-135-69-36-32-28-24-20-16-4/h80-86H,13-79H2,1-12H3. The van der Waals surface area contributed by atoms with Crippen LogP contribution < -0.4 is 0 Å². The third-order valence-electron chi connectivity index (χ3n) is 21.6. The van der Waals surface area contributed by atoms with Crippen molar-refractivity contribution in [2.45, 2.75) is 276 Å². The average Bonchev–Trinajstić information content (AvgIpc) is 0.949. The molecule has 0 heterocycles. The fourth-order valence-electron chi connectivity index (χ4n) is 12.9. The second-order valence-corrected chi connectivity index (χ2v) is 42.8. The zero-order chi connectivity index (χ0) is 102. The Morgan fingerprint density at radius 2 is 0.333 bits per heavy atom. The molecule has 0 saturated carbocycles. The minimum Gasteiger partial charge on any atom is -0.462 e. The normalized spacial score (nSPS) is 12.9. The van der Waals surface area contributed by atoms with Crippen molar-refractivity contribution in [3.05, 3.63) is 0 Å². The first-order chi connectivity index (χ1) is 66.6. The second kappa shape index (κ2) is 94.2. The van der Waals surface area contributed by atoms with Gasteiger partial charge in [-0.3, -0.25) is 67.1 Å². The van der Waals surface area contributed by atoms with Crippen LogP contribution in [0.4, 0.5) is 0 Å². The largest absolute Gasteiger partial charge is 0.462 e. The lowest BCUT2D eigenvalue weighted by Gasteiger charge is -2.22. The van der Waals surface area contributed by atoms with Crippen molar-refractivity contribution in [1.29, 1.82) is 0 Å². The van der Waals surface area contributed by atoms with Crippen molar-refractivity contribution in [3.63, 3.8) is 0 Å². The number of thioether (sulfide) groups is 7. The first-order valence-corrected chi connectivity index (χ1v) is 59.1. The van der Waals surface area contributed by atoms with E-state index in [-0.39, 0.29) is 218 Å². The number of hydrogen-bond acceptors (Lipinski definition) is 38. The molecular formula is C100H177N3O28S7. The Morgan fingerprint density at radius 3 is 0.500 bits per heavy atom. The lowest BCUT2D eigenvalue weighted by Crippen LogP contribution is -2.32. The number of nitrogens with zero attached hydrogens (tertiary/aromatic N) is 3. The quantitative estimate of drug-likeness (QED) is 0.0310. The van der Waals surface area contributed by atoms with E-state index in [4.69, 9.17) is 66.3 Å². The molecule has 38 heteroatoms. The van der Waals surface area contributed by atoms with E-state index in [2.05, 4.69) is 27.7 Å². The minimum atomic E-state index is -0.584. The summed E-state index contributed by atoms with van der Waals surface area (Å²) in [5.74, 6) is -0.189. The smallest absolute Gasteiger partial charge is 0.309 e. The molecule has 7 unspecified atom stereocenters. The van der Waals surface area contributed by atoms with Crippen LogP contribution in [0.2, 0.25) is 0 Å². The number of unbranched alkanes of at least 4 members (excludes halogenated alkanes) is 20. The van der Waals surface area contributed by atoms with E-state index in [1.165, 1.54) is 171 Å². The van der Waals surface area contributed by atoms with Crippen LogP contribution in [0.15, 0.2) is 0 Å². The summed E-state index contributed by atoms with van der Waals surface area (Å²) in [4.78, 5) is 185. The van der Waals surface area contributed by atoms with E-state index >= 15 is 0 Å². The van der Waals surface area contributed by atoms with Gasteiger partial charge in [-0.2, -0.15) is 82.3 Å². The van der Waals surface area contributed by atoms with Crippen molar-refractivity contribution in [3.8, 4) is 0 Å². The maximum absolute atomic E-state index is 13.2. The Balaban J connectivity index is 5.63. The van der Waals surface area contributed by atoms with Gasteiger partial charge in [0.2, 0.25) is 0 Å². The first-order valence-electron chi connectivity index (χ1n) is 51.0. The summed E-state index contributed by atoms with van der Waals surface area (Å²) in [5.41, 5.74) is 0. The molecule has 0 amide bonds. The molecule has 31 nitrogen and oxygen atoms in total. The Labute approximate surface area is 857 Å². The molecule has 0 aliphatic rings. The number of rotatable bonds is 97. The molecule has 0 spiro atoms. The third kappa shape index (κ3) is 83.2. The van der Waals surface area contributed by atoms with Gasteiger partial charge in [0.25, 0.3) is 0 Å². The van der Waals surface area contributed by atoms with Crippen LogP contribution in [0.1, 0.15) is 276 Å². The molecule has 0 N–H and O–H groups in total. The molecule has 802 valence electrons. The second-order valence-electron chi connectivity index (χ2n) is 34.8. The molecule has 0 radical (unpaired) electrons. The number of carbonyl (C=O) groups is 14. The van der Waals surface area contributed by atoms with Gasteiger partial charge in [0.05, 0.1) is 80.0 Å². The van der Waals surface area contributed by atoms with E-state index in [1.54, 1.807) is 67.8 Å². The molecule has 0 rings (SSSR count). The van der Waals surface area contributed by atoms with Gasteiger partial charge in [-0.25, -0.2) is 0 Å². The van der Waals surface area contributed by atoms with Crippen molar-refractivity contribution in [2.24, 2.45) is 41.4 Å². The van der Waals surface area contributed by atoms with Crippen LogP contribution >= 0.6 is 82.3 Å². The van der Waals surface area contributed by atoms with Crippen molar-refractivity contribution >= 4 is 166 Å². The molecule has 0 aliphatic carbocycles. The number of hydrogen-bond donors (Lipinski definition) is 0. The zero-order valence-corrected chi connectivity index (χ0v) is 91.8. The topological polar surface area (TPSA) is 378 Å². The third-order valence-corrected chi connectivity index (χ3v) is 30.5. The van der Waals surface area contributed by atoms with Gasteiger partial charge in [-0.15, -0.1) is 0 Å². The summed E-state index contributed by atoms with van der Waals surface area (Å²) < 4.78 is 75.3. The number of carbonyl (C=O) groups excluding carboxylic acids is 14. The molecule has 0 aromatic heterocycles. The Hall–Kier alpha value is -5.09. The summed E-state index contributed by atoms with van der Waals surface area (Å²) in [6, 6.07) is 0. The summed E-state index contributed by atoms with van der Waals surface area (Å²) in [7, 11) is 0. The molecular weight excluding hydrogens is 1920 g/mol. The Morgan fingerprint density at radius 1 is 0.188 bits per heavy atom. The average molecular weight is 2090 g/mol. The summed E-state index contributed by atoms with van der Waals surface area (Å²) in [6.45, 7) is 23.3. The fourth-order valence-corrected chi connectivity index (χ4v) is 20.3. The molecule has 7 atom stereocenters. The van der Waals surface area contributed by atoms with Gasteiger partial charge in [0, 0.05) is 123 Å². The van der Waals surface area contributed by atoms with Gasteiger partial charge >= 0.3 is 83.6 Å². The minimum absolute atomic E-state index is 0.0135. The Bertz CT molecular complexity index is 2890. The van der Waals surface area contributed by atoms with Gasteiger partial charge in [0.15, 0.2) is 0 Å². The van der Waals surface area contributed by atoms with E-state index < -0.39 is 77.4 Å². The van der Waals surface area contributed by atoms with Crippen LogP contribution in [-0.4, -0.2) is 330 Å². The maximum Gasteiger partial charge on any atom is 0.309 e. The molecule has 0 aromatic rings. The summed E-state index contributed by atoms with van der Waals surface area (Å²) in [5, 5.41) is 0. The van der Waals surface area contributed by atoms with Crippen LogP contribution in [0.3, 0.4) is 0 Å². The van der Waals surface area contributed by atoms with Crippen LogP contribution in [0, 0.1) is 41.4 Å². The van der Waals surface area contributed by atoms with Crippen LogP contribution in [0.5, 0.6) is 0 Å². The van der Waals surface area contributed by atoms with Crippen molar-refractivity contribution in [1.82, 2.24) is 14.7 Å². The van der Waals surface area contributed by atoms with Gasteiger partial charge in [0.1, 0.15) is 92.5 Å². The summed E-state index contributed by atoms with van der Waals surface area (Å²) in [6.07, 6.45) is 28.7. The maximum atomic E-state index is 13.2. The monoisotopic (exact) mass is 2090 g/mol. The predicted octanol–water partition coefficient (Wildman–Crippen LogP) is 16.9. The van der Waals surface area contributed by atoms with Crippen molar-refractivity contribution in [2.75, 3.05) is 232 Å². The molecule has 0 fully saturated rings. The van der Waals surface area contributed by atoms with E-state index in [1.807, 2.05) is 42.4 Å². The van der Waals surface area contributed by atoms with E-state index in [9.17, 15) is 67.1 Å². The van der Waals surface area contributed by atoms with E-state index in [0.717, 1.165) is 48.7 Å². The highest BCUT2D eigenvalue weighted by atomic mass is 32.2. The Kier molecular flexibility index (Phi) is 90.7. The SMILES string of the molecule is CCCCCCCCSCC(C)C(=O)OCCOC(=O)CCN(CCSCC(C)C(=O)OCCOC(=O)CCN(CCSCC(C)C(=O)OCCOC(C)=O)CCC(=O)OCCOC(=O)C(C)CSCCN(CCC(=O)OCCOC(=O)C(C)CSCCCCCCCC)CCC(=O)OCCOC(=O)C(C)CSCCCCCCCC)CCC(=O)OCCOC(=O)C(C)CSCCCCCCCC. The molecule has 0 saturated heterocycles. The number of esters is 14. The predicted molar refractivity (Wildman–Crippen MR) is 555 cm³/mol. The van der Waals surface area contributed by atoms with Gasteiger partial charge in [-0.05, 0) is 48.7 Å². The lowest BCUT2D eigenvalue weighted by molar-refractivity contribution is -0.154. The van der Waals surface area contributed by atoms with Gasteiger partial charge < -0.3 is 81.0 Å². The highest BCUT2D eigenvalue weighted by Crippen LogP contribution is 2.22. The zero-order valence-electron chi connectivity index (χ0n) is 86.0. The fraction of sp³-hybridized carbons (Fsp3) is 0.860. The van der Waals surface area contributed by atoms with Crippen molar-refractivity contribution < 1.29 is 133 Å². The van der Waals surface area contributed by atoms with E-state index in [0.29, 0.717) is 77.2 Å². The lowest BCUT2D eigenvalue weighted by atomic mass is 10.1. The van der Waals surface area contributed by atoms with Crippen LogP contribution in [-0.2, 0) is 133 Å². The highest BCUT2D eigenvalue weighted by molar-refractivity contribution is 8.00. The molecule has 0 aliphatic heterocycles. The molecule has 138 heavy (non-hydrogen) atoms. The first kappa shape index (κ1) is 133.